The molecule has 1 heterocycles. The zero-order valence-corrected chi connectivity index (χ0v) is 13.7. The van der Waals surface area contributed by atoms with Crippen LogP contribution in [0.2, 0.25) is 0 Å². The lowest BCUT2D eigenvalue weighted by Gasteiger charge is -2.12. The number of carbonyl (C=O) groups excluding carboxylic acids is 3. The van der Waals surface area contributed by atoms with Crippen molar-refractivity contribution in [2.75, 3.05) is 0 Å². The van der Waals surface area contributed by atoms with Gasteiger partial charge in [0.25, 0.3) is 5.91 Å². The number of imide groups is 1. The van der Waals surface area contributed by atoms with Crippen LogP contribution in [0.15, 0.2) is 36.4 Å². The number of hydrogen-bond acceptors (Lipinski definition) is 4. The zero-order chi connectivity index (χ0) is 17.9. The average molecular weight is 329 g/mol. The Bertz CT molecular complexity index is 781. The number of nitrogens with two attached hydrogens (primary N) is 1. The number of ether oxygens (including phenoxy) is 1. The number of para-hydroxylation sites is 1. The van der Waals surface area contributed by atoms with Gasteiger partial charge in [-0.25, -0.2) is 9.59 Å². The molecule has 24 heavy (non-hydrogen) atoms. The van der Waals surface area contributed by atoms with Gasteiger partial charge in [-0.3, -0.25) is 10.1 Å². The highest BCUT2D eigenvalue weighted by Gasteiger charge is 2.23. The molecule has 7 nitrogen and oxygen atoms in total. The smallest absolute Gasteiger partial charge is 0.340 e. The summed E-state index contributed by atoms with van der Waals surface area (Å²) >= 11 is 0. The van der Waals surface area contributed by atoms with Crippen LogP contribution in [0.1, 0.15) is 28.7 Å². The Labute approximate surface area is 139 Å². The van der Waals surface area contributed by atoms with Crippen LogP contribution in [0.25, 0.3) is 5.69 Å². The van der Waals surface area contributed by atoms with E-state index in [2.05, 4.69) is 0 Å². The summed E-state index contributed by atoms with van der Waals surface area (Å²) in [4.78, 5) is 34.6. The van der Waals surface area contributed by atoms with Gasteiger partial charge in [0.15, 0.2) is 6.10 Å². The molecule has 1 aromatic heterocycles. The first kappa shape index (κ1) is 17.3. The Hall–Kier alpha value is -3.09. The van der Waals surface area contributed by atoms with E-state index >= 15 is 0 Å². The zero-order valence-electron chi connectivity index (χ0n) is 13.7. The van der Waals surface area contributed by atoms with Crippen molar-refractivity contribution in [1.29, 1.82) is 0 Å². The predicted molar refractivity (Wildman–Crippen MR) is 87.8 cm³/mol. The fourth-order valence-electron chi connectivity index (χ4n) is 2.44. The number of rotatable bonds is 4. The molecule has 0 saturated heterocycles. The number of urea groups is 1. The molecule has 0 saturated carbocycles. The van der Waals surface area contributed by atoms with Gasteiger partial charge in [0, 0.05) is 17.1 Å². The molecule has 0 bridgehead atoms. The van der Waals surface area contributed by atoms with Gasteiger partial charge < -0.3 is 15.0 Å². The molecular formula is C17H19N3O4. The number of nitrogens with one attached hydrogen (secondary N) is 1. The normalized spacial score (nSPS) is 11.6. The third-order valence-electron chi connectivity index (χ3n) is 3.56. The van der Waals surface area contributed by atoms with Gasteiger partial charge >= 0.3 is 12.0 Å². The lowest BCUT2D eigenvalue weighted by atomic mass is 10.2. The molecule has 2 rings (SSSR count). The molecule has 7 heteroatoms. The fourth-order valence-corrected chi connectivity index (χ4v) is 2.44. The van der Waals surface area contributed by atoms with Gasteiger partial charge in [-0.15, -0.1) is 0 Å². The topological polar surface area (TPSA) is 103 Å². The molecule has 1 aromatic carbocycles. The largest absolute Gasteiger partial charge is 0.449 e. The van der Waals surface area contributed by atoms with Crippen molar-refractivity contribution < 1.29 is 19.1 Å². The van der Waals surface area contributed by atoms with Crippen LogP contribution in [0.3, 0.4) is 0 Å². The van der Waals surface area contributed by atoms with Crippen molar-refractivity contribution in [3.63, 3.8) is 0 Å². The summed E-state index contributed by atoms with van der Waals surface area (Å²) in [5, 5.41) is 1.87. The third-order valence-corrected chi connectivity index (χ3v) is 3.56. The van der Waals surface area contributed by atoms with Gasteiger partial charge in [-0.05, 0) is 39.0 Å². The van der Waals surface area contributed by atoms with Crippen molar-refractivity contribution in [3.8, 4) is 5.69 Å². The summed E-state index contributed by atoms with van der Waals surface area (Å²) in [6.07, 6.45) is -1.13. The minimum atomic E-state index is -1.13. The lowest BCUT2D eigenvalue weighted by molar-refractivity contribution is -0.127. The van der Waals surface area contributed by atoms with Crippen molar-refractivity contribution >= 4 is 17.9 Å². The first-order valence-electron chi connectivity index (χ1n) is 7.37. The van der Waals surface area contributed by atoms with E-state index in [1.54, 1.807) is 13.0 Å². The Kier molecular flexibility index (Phi) is 5.03. The van der Waals surface area contributed by atoms with Crippen LogP contribution in [-0.2, 0) is 9.53 Å². The number of nitrogens with zero attached hydrogens (tertiary/aromatic N) is 1. The Morgan fingerprint density at radius 3 is 2.38 bits per heavy atom. The van der Waals surface area contributed by atoms with Crippen LogP contribution in [0, 0.1) is 13.8 Å². The summed E-state index contributed by atoms with van der Waals surface area (Å²) in [5.74, 6) is -1.41. The second-order valence-corrected chi connectivity index (χ2v) is 5.36. The summed E-state index contributed by atoms with van der Waals surface area (Å²) < 4.78 is 7.03. The minimum absolute atomic E-state index is 0.357. The van der Waals surface area contributed by atoms with E-state index in [-0.39, 0.29) is 0 Å². The number of benzene rings is 1. The molecule has 3 amide bonds. The average Bonchev–Trinajstić information content (AvgIpc) is 2.82. The first-order chi connectivity index (χ1) is 11.3. The Morgan fingerprint density at radius 2 is 1.79 bits per heavy atom. The number of aryl methyl sites for hydroxylation is 1. The van der Waals surface area contributed by atoms with Crippen LogP contribution in [-0.4, -0.2) is 28.6 Å². The fraction of sp³-hybridized carbons (Fsp3) is 0.235. The van der Waals surface area contributed by atoms with Gasteiger partial charge in [0.2, 0.25) is 0 Å². The van der Waals surface area contributed by atoms with Crippen LogP contribution in [0.5, 0.6) is 0 Å². The highest BCUT2D eigenvalue weighted by atomic mass is 16.5. The quantitative estimate of drug-likeness (QED) is 0.835. The molecule has 0 aliphatic carbocycles. The van der Waals surface area contributed by atoms with E-state index in [4.69, 9.17) is 10.5 Å². The molecule has 1 atom stereocenters. The van der Waals surface area contributed by atoms with Crippen LogP contribution >= 0.6 is 0 Å². The first-order valence-corrected chi connectivity index (χ1v) is 7.37. The van der Waals surface area contributed by atoms with Gasteiger partial charge in [-0.2, -0.15) is 0 Å². The molecule has 0 fully saturated rings. The number of aromatic nitrogens is 1. The monoisotopic (exact) mass is 329 g/mol. The lowest BCUT2D eigenvalue weighted by Crippen LogP contribution is -2.42. The number of hydrogen-bond donors (Lipinski definition) is 2. The molecular weight excluding hydrogens is 310 g/mol. The molecule has 0 spiro atoms. The maximum absolute atomic E-state index is 12.3. The van der Waals surface area contributed by atoms with Gasteiger partial charge in [0.05, 0.1) is 5.56 Å². The molecule has 2 aromatic rings. The maximum atomic E-state index is 12.3. The van der Waals surface area contributed by atoms with E-state index < -0.39 is 24.0 Å². The Morgan fingerprint density at radius 1 is 1.17 bits per heavy atom. The van der Waals surface area contributed by atoms with E-state index in [0.29, 0.717) is 11.3 Å². The van der Waals surface area contributed by atoms with Gasteiger partial charge in [0.1, 0.15) is 0 Å². The number of primary amides is 1. The number of esters is 1. The summed E-state index contributed by atoms with van der Waals surface area (Å²) in [5.41, 5.74) is 7.71. The minimum Gasteiger partial charge on any atom is -0.449 e. The van der Waals surface area contributed by atoms with Gasteiger partial charge in [-0.1, -0.05) is 18.2 Å². The van der Waals surface area contributed by atoms with E-state index in [9.17, 15) is 14.4 Å². The van der Waals surface area contributed by atoms with Crippen LogP contribution < -0.4 is 11.1 Å². The highest BCUT2D eigenvalue weighted by Crippen LogP contribution is 2.21. The van der Waals surface area contributed by atoms with Crippen molar-refractivity contribution in [2.24, 2.45) is 5.73 Å². The highest BCUT2D eigenvalue weighted by molar-refractivity contribution is 5.98. The van der Waals surface area contributed by atoms with E-state index in [0.717, 1.165) is 11.4 Å². The number of amides is 3. The SMILES string of the molecule is Cc1cc(C(=O)O[C@H](C)C(=O)NC(N)=O)c(C)n1-c1ccccc1. The second kappa shape index (κ2) is 6.99. The van der Waals surface area contributed by atoms with E-state index in [1.165, 1.54) is 6.92 Å². The van der Waals surface area contributed by atoms with Crippen molar-refractivity contribution in [3.05, 3.63) is 53.3 Å². The standard InChI is InChI=1S/C17H19N3O4/c1-10-9-14(11(2)20(10)13-7-5-4-6-8-13)16(22)24-12(3)15(21)19-17(18)23/h4-9,12H,1-3H3,(H3,18,19,21,23)/t12-/m1/s1. The van der Waals surface area contributed by atoms with Crippen molar-refractivity contribution in [2.45, 2.75) is 26.9 Å². The summed E-state index contributed by atoms with van der Waals surface area (Å²) in [6, 6.07) is 10.3. The Balaban J connectivity index is 2.22. The van der Waals surface area contributed by atoms with E-state index in [1.807, 2.05) is 47.1 Å². The molecule has 0 aliphatic heterocycles. The molecule has 0 aliphatic rings. The van der Waals surface area contributed by atoms with Crippen molar-refractivity contribution in [1.82, 2.24) is 9.88 Å². The predicted octanol–water partition coefficient (Wildman–Crippen LogP) is 1.83. The number of carbonyl (C=O) groups is 3. The molecule has 0 radical (unpaired) electrons. The summed E-state index contributed by atoms with van der Waals surface area (Å²) in [7, 11) is 0. The maximum Gasteiger partial charge on any atom is 0.340 e. The van der Waals surface area contributed by atoms with Crippen LogP contribution in [0.4, 0.5) is 4.79 Å². The molecule has 3 N–H and O–H groups in total. The molecule has 0 unspecified atom stereocenters. The second-order valence-electron chi connectivity index (χ2n) is 5.36. The molecule has 126 valence electrons. The summed E-state index contributed by atoms with van der Waals surface area (Å²) in [6.45, 7) is 5.04. The third kappa shape index (κ3) is 3.62.